The van der Waals surface area contributed by atoms with E-state index in [0.29, 0.717) is 43.5 Å². The Balaban J connectivity index is 1.57. The maximum Gasteiger partial charge on any atom is 0.243 e. The Morgan fingerprint density at radius 2 is 1.78 bits per heavy atom. The van der Waals surface area contributed by atoms with Crippen molar-refractivity contribution in [3.63, 3.8) is 0 Å². The highest BCUT2D eigenvalue weighted by Gasteiger charge is 2.31. The lowest BCUT2D eigenvalue weighted by molar-refractivity contribution is -0.134. The fourth-order valence-electron chi connectivity index (χ4n) is 3.92. The van der Waals surface area contributed by atoms with Crippen molar-refractivity contribution in [2.75, 3.05) is 45.8 Å². The van der Waals surface area contributed by atoms with E-state index < -0.39 is 10.0 Å². The van der Waals surface area contributed by atoms with Crippen molar-refractivity contribution in [2.24, 2.45) is 5.92 Å². The van der Waals surface area contributed by atoms with Crippen LogP contribution >= 0.6 is 0 Å². The second-order valence-electron chi connectivity index (χ2n) is 8.01. The molecule has 6 nitrogen and oxygen atoms in total. The Morgan fingerprint density at radius 3 is 2.41 bits per heavy atom. The van der Waals surface area contributed by atoms with E-state index in [2.05, 4.69) is 11.8 Å². The maximum absolute atomic E-state index is 12.9. The van der Waals surface area contributed by atoms with Gasteiger partial charge in [0.05, 0.1) is 11.4 Å². The minimum absolute atomic E-state index is 0.118. The number of hydrogen-bond donors (Lipinski definition) is 0. The van der Waals surface area contributed by atoms with Gasteiger partial charge in [0, 0.05) is 32.7 Å². The normalized spacial score (nSPS) is 22.8. The van der Waals surface area contributed by atoms with E-state index in [1.165, 1.54) is 10.7 Å². The van der Waals surface area contributed by atoms with Crippen LogP contribution in [0.1, 0.15) is 30.9 Å². The van der Waals surface area contributed by atoms with Gasteiger partial charge in [-0.05, 0) is 62.4 Å². The highest BCUT2D eigenvalue weighted by molar-refractivity contribution is 7.89. The molecule has 1 amide bonds. The van der Waals surface area contributed by atoms with Crippen LogP contribution in [0.3, 0.4) is 0 Å². The second-order valence-corrected chi connectivity index (χ2v) is 9.95. The number of rotatable bonds is 4. The van der Waals surface area contributed by atoms with E-state index in [0.717, 1.165) is 30.6 Å². The number of aryl methyl sites for hydroxylation is 2. The van der Waals surface area contributed by atoms with Crippen LogP contribution in [0, 0.1) is 19.8 Å². The quantitative estimate of drug-likeness (QED) is 0.784. The molecular weight excluding hydrogens is 362 g/mol. The first-order valence-electron chi connectivity index (χ1n) is 9.85. The monoisotopic (exact) mass is 393 g/mol. The highest BCUT2D eigenvalue weighted by atomic mass is 32.2. The van der Waals surface area contributed by atoms with Gasteiger partial charge in [-0.3, -0.25) is 9.69 Å². The zero-order valence-corrected chi connectivity index (χ0v) is 17.5. The topological polar surface area (TPSA) is 60.9 Å². The van der Waals surface area contributed by atoms with E-state index >= 15 is 0 Å². The van der Waals surface area contributed by atoms with Crippen molar-refractivity contribution in [3.8, 4) is 0 Å². The van der Waals surface area contributed by atoms with Crippen LogP contribution in [0.15, 0.2) is 23.1 Å². The number of sulfonamides is 1. The van der Waals surface area contributed by atoms with Crippen molar-refractivity contribution < 1.29 is 13.2 Å². The van der Waals surface area contributed by atoms with Gasteiger partial charge >= 0.3 is 0 Å². The second kappa shape index (κ2) is 8.29. The van der Waals surface area contributed by atoms with Crippen molar-refractivity contribution in [3.05, 3.63) is 29.3 Å². The zero-order valence-electron chi connectivity index (χ0n) is 16.6. The van der Waals surface area contributed by atoms with Crippen molar-refractivity contribution in [1.82, 2.24) is 14.1 Å². The first-order chi connectivity index (χ1) is 12.8. The number of likely N-dealkylation sites (tertiary alicyclic amines) is 1. The molecule has 0 radical (unpaired) electrons. The Hall–Kier alpha value is -1.44. The van der Waals surface area contributed by atoms with Crippen molar-refractivity contribution >= 4 is 15.9 Å². The van der Waals surface area contributed by atoms with Crippen LogP contribution in [-0.4, -0.2) is 74.2 Å². The van der Waals surface area contributed by atoms with E-state index in [9.17, 15) is 13.2 Å². The minimum Gasteiger partial charge on any atom is -0.339 e. The summed E-state index contributed by atoms with van der Waals surface area (Å²) in [6.07, 6.45) is 2.39. The zero-order chi connectivity index (χ0) is 19.6. The van der Waals surface area contributed by atoms with Gasteiger partial charge in [-0.1, -0.05) is 13.0 Å². The Bertz CT molecular complexity index is 786. The molecule has 2 saturated heterocycles. The molecule has 0 bridgehead atoms. The summed E-state index contributed by atoms with van der Waals surface area (Å²) in [4.78, 5) is 17.0. The summed E-state index contributed by atoms with van der Waals surface area (Å²) in [6, 6.07) is 5.26. The number of piperazine rings is 1. The molecule has 3 rings (SSSR count). The Morgan fingerprint density at radius 1 is 1.07 bits per heavy atom. The summed E-state index contributed by atoms with van der Waals surface area (Å²) >= 11 is 0. The van der Waals surface area contributed by atoms with Gasteiger partial charge in [0.25, 0.3) is 0 Å². The SMILES string of the molecule is Cc1ccc(S(=O)(=O)N2CCN(C(=O)CN3CCC[C@@H](C)C3)CC2)cc1C. The summed E-state index contributed by atoms with van der Waals surface area (Å²) in [6.45, 7) is 10.2. The first kappa shape index (κ1) is 20.3. The van der Waals surface area contributed by atoms with E-state index in [-0.39, 0.29) is 5.91 Å². The van der Waals surface area contributed by atoms with E-state index in [1.54, 1.807) is 12.1 Å². The summed E-state index contributed by atoms with van der Waals surface area (Å²) in [5, 5.41) is 0. The van der Waals surface area contributed by atoms with Crippen LogP contribution in [-0.2, 0) is 14.8 Å². The smallest absolute Gasteiger partial charge is 0.243 e. The van der Waals surface area contributed by atoms with Gasteiger partial charge < -0.3 is 4.90 Å². The number of carbonyl (C=O) groups is 1. The van der Waals surface area contributed by atoms with Crippen LogP contribution in [0.25, 0.3) is 0 Å². The molecule has 0 aliphatic carbocycles. The fourth-order valence-corrected chi connectivity index (χ4v) is 5.43. The number of benzene rings is 1. The molecule has 150 valence electrons. The lowest BCUT2D eigenvalue weighted by Gasteiger charge is -2.36. The molecule has 2 fully saturated rings. The molecule has 1 atom stereocenters. The van der Waals surface area contributed by atoms with Gasteiger partial charge in [0.15, 0.2) is 0 Å². The predicted octanol–water partition coefficient (Wildman–Crippen LogP) is 1.87. The number of amides is 1. The molecule has 0 spiro atoms. The molecule has 0 aromatic heterocycles. The largest absolute Gasteiger partial charge is 0.339 e. The molecule has 0 saturated carbocycles. The molecular formula is C20H31N3O3S. The Labute approximate surface area is 163 Å². The highest BCUT2D eigenvalue weighted by Crippen LogP contribution is 2.21. The number of piperidine rings is 1. The van der Waals surface area contributed by atoms with Crippen LogP contribution < -0.4 is 0 Å². The average molecular weight is 394 g/mol. The lowest BCUT2D eigenvalue weighted by Crippen LogP contribution is -2.53. The summed E-state index contributed by atoms with van der Waals surface area (Å²) in [7, 11) is -3.50. The third-order valence-corrected chi connectivity index (χ3v) is 7.70. The number of hydrogen-bond acceptors (Lipinski definition) is 4. The van der Waals surface area contributed by atoms with Gasteiger partial charge in [-0.25, -0.2) is 8.42 Å². The molecule has 0 unspecified atom stereocenters. The van der Waals surface area contributed by atoms with Gasteiger partial charge in [-0.2, -0.15) is 4.31 Å². The standard InChI is InChI=1S/C20H31N3O3S/c1-16-5-4-8-21(14-16)15-20(24)22-9-11-23(12-10-22)27(25,26)19-7-6-17(2)18(3)13-19/h6-7,13,16H,4-5,8-12,14-15H2,1-3H3/t16-/m1/s1. The molecule has 0 N–H and O–H groups in total. The van der Waals surface area contributed by atoms with Crippen molar-refractivity contribution in [2.45, 2.75) is 38.5 Å². The minimum atomic E-state index is -3.50. The summed E-state index contributed by atoms with van der Waals surface area (Å²) in [5.74, 6) is 0.763. The lowest BCUT2D eigenvalue weighted by atomic mass is 10.0. The van der Waals surface area contributed by atoms with Crippen LogP contribution in [0.5, 0.6) is 0 Å². The molecule has 2 heterocycles. The van der Waals surface area contributed by atoms with Gasteiger partial charge in [0.1, 0.15) is 0 Å². The molecule has 1 aromatic carbocycles. The molecule has 2 aliphatic rings. The third kappa shape index (κ3) is 4.70. The van der Waals surface area contributed by atoms with E-state index in [1.807, 2.05) is 24.8 Å². The van der Waals surface area contributed by atoms with Crippen LogP contribution in [0.4, 0.5) is 0 Å². The van der Waals surface area contributed by atoms with Gasteiger partial charge in [-0.15, -0.1) is 0 Å². The number of nitrogens with zero attached hydrogens (tertiary/aromatic N) is 3. The average Bonchev–Trinajstić information content (AvgIpc) is 2.64. The number of carbonyl (C=O) groups excluding carboxylic acids is 1. The third-order valence-electron chi connectivity index (χ3n) is 5.81. The molecule has 2 aliphatic heterocycles. The van der Waals surface area contributed by atoms with Gasteiger partial charge in [0.2, 0.25) is 15.9 Å². The predicted molar refractivity (Wildman–Crippen MR) is 106 cm³/mol. The molecule has 1 aromatic rings. The summed E-state index contributed by atoms with van der Waals surface area (Å²) in [5.41, 5.74) is 2.05. The summed E-state index contributed by atoms with van der Waals surface area (Å²) < 4.78 is 27.3. The van der Waals surface area contributed by atoms with Crippen molar-refractivity contribution in [1.29, 1.82) is 0 Å². The van der Waals surface area contributed by atoms with Crippen LogP contribution in [0.2, 0.25) is 0 Å². The Kier molecular flexibility index (Phi) is 6.23. The maximum atomic E-state index is 12.9. The first-order valence-corrected chi connectivity index (χ1v) is 11.3. The molecule has 7 heteroatoms. The van der Waals surface area contributed by atoms with E-state index in [4.69, 9.17) is 0 Å². The molecule has 27 heavy (non-hydrogen) atoms. The fraction of sp³-hybridized carbons (Fsp3) is 0.650.